The molecule has 8 fully saturated rings. The Morgan fingerprint density at radius 2 is 1.76 bits per heavy atom. The van der Waals surface area contributed by atoms with Gasteiger partial charge in [0.1, 0.15) is 17.6 Å². The third kappa shape index (κ3) is 6.73. The van der Waals surface area contributed by atoms with Crippen LogP contribution in [-0.2, 0) is 33.3 Å². The van der Waals surface area contributed by atoms with Gasteiger partial charge in [0.2, 0.25) is 0 Å². The Morgan fingerprint density at radius 1 is 1.06 bits per heavy atom. The molecule has 0 spiro atoms. The zero-order valence-electron chi connectivity index (χ0n) is 31.6. The number of alkyl carbamates (subject to hydrolysis) is 1. The lowest BCUT2D eigenvalue weighted by molar-refractivity contribution is -0.302. The van der Waals surface area contributed by atoms with Gasteiger partial charge in [-0.3, -0.25) is 9.59 Å². The first-order valence-corrected chi connectivity index (χ1v) is 19.0. The summed E-state index contributed by atoms with van der Waals surface area (Å²) >= 11 is 0. The van der Waals surface area contributed by atoms with E-state index in [1.54, 1.807) is 20.8 Å². The molecule has 3 saturated carbocycles. The molecule has 284 valence electrons. The number of hydrogen-bond acceptors (Lipinski definition) is 12. The van der Waals surface area contributed by atoms with Crippen LogP contribution in [0, 0.1) is 23.2 Å². The van der Waals surface area contributed by atoms with E-state index in [0.29, 0.717) is 32.4 Å². The van der Waals surface area contributed by atoms with E-state index in [9.17, 15) is 19.5 Å². The number of carbonyl (C=O) groups is 3. The van der Waals surface area contributed by atoms with E-state index >= 15 is 0 Å². The van der Waals surface area contributed by atoms with Gasteiger partial charge in [-0.05, 0) is 105 Å². The molecule has 0 aromatic rings. The van der Waals surface area contributed by atoms with Crippen LogP contribution in [0.4, 0.5) is 4.79 Å². The van der Waals surface area contributed by atoms with E-state index in [1.165, 1.54) is 19.3 Å². The lowest BCUT2D eigenvalue weighted by Crippen LogP contribution is -2.68. The quantitative estimate of drug-likeness (QED) is 0.227. The molecule has 3 aliphatic carbocycles. The summed E-state index contributed by atoms with van der Waals surface area (Å²) in [5.41, 5.74) is -3.46. The number of Topliss-reactive ketones (excluding diaryl/α,β-unsaturated/α-hetero) is 1. The average molecular weight is 707 g/mol. The number of nitrogens with zero attached hydrogens (tertiary/aromatic N) is 1. The molecule has 5 heterocycles. The number of ketones is 1. The van der Waals surface area contributed by atoms with Crippen molar-refractivity contribution in [3.8, 4) is 0 Å². The lowest BCUT2D eigenvalue weighted by atomic mass is 9.50. The van der Waals surface area contributed by atoms with Crippen molar-refractivity contribution in [3.05, 3.63) is 0 Å². The molecule has 8 aliphatic rings. The number of hydrogen-bond donors (Lipinski definition) is 4. The largest absolute Gasteiger partial charge is 0.457 e. The molecule has 1 amide bonds. The number of ether oxygens (including phenoxy) is 5. The van der Waals surface area contributed by atoms with Crippen LogP contribution in [-0.4, -0.2) is 127 Å². The Morgan fingerprint density at radius 3 is 2.38 bits per heavy atom. The number of aliphatic hydroxyl groups is 1. The number of nitrogens with one attached hydrogen (secondary N) is 3. The van der Waals surface area contributed by atoms with Crippen LogP contribution in [0.15, 0.2) is 0 Å². The summed E-state index contributed by atoms with van der Waals surface area (Å²) in [6.45, 7) is 14.5. The molecule has 13 atom stereocenters. The zero-order chi connectivity index (χ0) is 36.4. The lowest BCUT2D eigenvalue weighted by Gasteiger charge is -2.62. The van der Waals surface area contributed by atoms with Gasteiger partial charge < -0.3 is 49.6 Å². The third-order valence-electron chi connectivity index (χ3n) is 13.2. The Balaban J connectivity index is 1.31. The van der Waals surface area contributed by atoms with Crippen molar-refractivity contribution < 1.29 is 43.2 Å². The van der Waals surface area contributed by atoms with Gasteiger partial charge in [-0.1, -0.05) is 20.8 Å². The maximum atomic E-state index is 14.7. The van der Waals surface area contributed by atoms with Crippen molar-refractivity contribution in [2.75, 3.05) is 33.8 Å². The van der Waals surface area contributed by atoms with Crippen molar-refractivity contribution in [1.29, 1.82) is 0 Å². The average Bonchev–Trinajstić information content (AvgIpc) is 3.33. The molecule has 13 nitrogen and oxygen atoms in total. The van der Waals surface area contributed by atoms with Crippen LogP contribution >= 0.6 is 0 Å². The van der Waals surface area contributed by atoms with E-state index in [4.69, 9.17) is 23.7 Å². The van der Waals surface area contributed by atoms with Crippen LogP contribution < -0.4 is 16.0 Å². The first-order chi connectivity index (χ1) is 23.4. The monoisotopic (exact) mass is 706 g/mol. The molecule has 0 aromatic heterocycles. The minimum atomic E-state index is -1.55. The number of amides is 1. The summed E-state index contributed by atoms with van der Waals surface area (Å²) in [7, 11) is 3.90. The predicted octanol–water partition coefficient (Wildman–Crippen LogP) is 2.52. The van der Waals surface area contributed by atoms with E-state index in [2.05, 4.69) is 22.9 Å². The molecule has 4 bridgehead atoms. The maximum absolute atomic E-state index is 14.7. The fraction of sp³-hybridized carbons (Fsp3) is 0.919. The minimum Gasteiger partial charge on any atom is -0.457 e. The number of esters is 1. The molecule has 8 rings (SSSR count). The van der Waals surface area contributed by atoms with Gasteiger partial charge in [-0.2, -0.15) is 0 Å². The van der Waals surface area contributed by atoms with Crippen molar-refractivity contribution in [2.45, 2.75) is 159 Å². The van der Waals surface area contributed by atoms with Crippen LogP contribution in [0.2, 0.25) is 0 Å². The van der Waals surface area contributed by atoms with Gasteiger partial charge in [0.05, 0.1) is 23.9 Å². The second-order valence-corrected chi connectivity index (χ2v) is 17.5. The van der Waals surface area contributed by atoms with E-state index in [0.717, 1.165) is 5.92 Å². The molecule has 0 radical (unpaired) electrons. The summed E-state index contributed by atoms with van der Waals surface area (Å²) in [4.78, 5) is 43.6. The van der Waals surface area contributed by atoms with Crippen LogP contribution in [0.1, 0.15) is 93.4 Å². The van der Waals surface area contributed by atoms with E-state index in [-0.39, 0.29) is 48.5 Å². The molecule has 0 aromatic carbocycles. The predicted molar refractivity (Wildman–Crippen MR) is 184 cm³/mol. The smallest absolute Gasteiger partial charge is 0.408 e. The molecule has 4 N–H and O–H groups in total. The number of carbonyl (C=O) groups excluding carboxylic acids is 3. The van der Waals surface area contributed by atoms with Crippen molar-refractivity contribution in [3.63, 3.8) is 0 Å². The second kappa shape index (κ2) is 13.8. The number of fused-ring (bicyclic) bond motifs is 10. The Bertz CT molecular complexity index is 1280. The normalized spacial score (nSPS) is 49.7. The van der Waals surface area contributed by atoms with E-state index < -0.39 is 65.2 Å². The maximum Gasteiger partial charge on any atom is 0.408 e. The van der Waals surface area contributed by atoms with Gasteiger partial charge in [-0.25, -0.2) is 4.79 Å². The summed E-state index contributed by atoms with van der Waals surface area (Å²) in [6.07, 6.45) is 0.890. The van der Waals surface area contributed by atoms with Crippen LogP contribution in [0.3, 0.4) is 0 Å². The van der Waals surface area contributed by atoms with Crippen molar-refractivity contribution >= 4 is 17.8 Å². The fourth-order valence-corrected chi connectivity index (χ4v) is 9.93. The Kier molecular flexibility index (Phi) is 10.5. The molecule has 5 saturated heterocycles. The zero-order valence-corrected chi connectivity index (χ0v) is 31.6. The summed E-state index contributed by atoms with van der Waals surface area (Å²) < 4.78 is 32.2. The number of aliphatic hydroxyl groups excluding tert-OH is 1. The molecular formula is C37H62N4O9. The second-order valence-electron chi connectivity index (χ2n) is 17.5. The highest BCUT2D eigenvalue weighted by atomic mass is 16.7. The van der Waals surface area contributed by atoms with Gasteiger partial charge in [0.25, 0.3) is 0 Å². The molecular weight excluding hydrogens is 644 g/mol. The van der Waals surface area contributed by atoms with Gasteiger partial charge in [-0.15, -0.1) is 0 Å². The Labute approximate surface area is 297 Å². The van der Waals surface area contributed by atoms with E-state index in [1.807, 2.05) is 39.8 Å². The molecule has 13 heteroatoms. The first kappa shape index (κ1) is 37.9. The SMILES string of the molecule is CC[C@H]1OC(=O)[C@]2(C)CCO[C@@](C)(C[C@@H](C)CN[C@H](C)[C@H]3NC(=O)O[C@@]31C)[C@H](O[C@@H]1O[C@H](CNC34CC(C3)C4)C[C@H](N(C)C)[C@H]1O)[C@@H](C)C2=O. The van der Waals surface area contributed by atoms with Gasteiger partial charge in [0, 0.05) is 36.7 Å². The number of rotatable bonds is 7. The topological polar surface area (TPSA) is 157 Å². The summed E-state index contributed by atoms with van der Waals surface area (Å²) in [5, 5.41) is 22.0. The van der Waals surface area contributed by atoms with Gasteiger partial charge >= 0.3 is 12.1 Å². The van der Waals surface area contributed by atoms with Gasteiger partial charge in [0.15, 0.2) is 17.7 Å². The summed E-state index contributed by atoms with van der Waals surface area (Å²) in [6, 6.07) is -0.935. The molecule has 5 aliphatic heterocycles. The van der Waals surface area contributed by atoms with Crippen molar-refractivity contribution in [2.24, 2.45) is 23.2 Å². The highest BCUT2D eigenvalue weighted by molar-refractivity contribution is 6.04. The Hall–Kier alpha value is -1.87. The number of likely N-dealkylation sites (N-methyl/N-ethyl adjacent to an activating group) is 1. The summed E-state index contributed by atoms with van der Waals surface area (Å²) in [5.74, 6) is -0.909. The van der Waals surface area contributed by atoms with Crippen LogP contribution in [0.5, 0.6) is 0 Å². The van der Waals surface area contributed by atoms with Crippen LogP contribution in [0.25, 0.3) is 0 Å². The fourth-order valence-electron chi connectivity index (χ4n) is 9.93. The first-order valence-electron chi connectivity index (χ1n) is 19.0. The highest BCUT2D eigenvalue weighted by Gasteiger charge is 2.59. The van der Waals surface area contributed by atoms with Crippen molar-refractivity contribution in [1.82, 2.24) is 20.9 Å². The molecule has 50 heavy (non-hydrogen) atoms. The molecule has 0 unspecified atom stereocenters. The minimum absolute atomic E-state index is 0.0487. The standard InChI is InChI=1S/C37H62N4O9/c1-10-26-36(7)28(40-33(45)50-36)22(4)38-18-20(2)14-35(6)30(21(3)29(43)34(5,11-12-46-35)32(44)48-26)49-31-27(42)25(41(8)9)13-24(47-31)19-39-37-15-23(16-37)17-37/h20-28,30-31,38-39,42H,10-19H2,1-9H3,(H,40,45)/t20-,21+,22-,23?,24+,25+,26-,27-,28-,30-,31+,34-,35+,36-,37?/m1/s1. The highest BCUT2D eigenvalue weighted by Crippen LogP contribution is 2.57. The third-order valence-corrected chi connectivity index (χ3v) is 13.2.